The van der Waals surface area contributed by atoms with Gasteiger partial charge in [0.1, 0.15) is 0 Å². The molecule has 0 unspecified atom stereocenters. The van der Waals surface area contributed by atoms with Crippen LogP contribution < -0.4 is 5.32 Å². The maximum atomic E-state index is 5.16. The van der Waals surface area contributed by atoms with Crippen LogP contribution in [0.25, 0.3) is 0 Å². The lowest BCUT2D eigenvalue weighted by Crippen LogP contribution is -2.38. The van der Waals surface area contributed by atoms with Gasteiger partial charge in [0.25, 0.3) is 0 Å². The van der Waals surface area contributed by atoms with Crippen LogP contribution in [0.5, 0.6) is 0 Å². The summed E-state index contributed by atoms with van der Waals surface area (Å²) < 4.78 is 0. The van der Waals surface area contributed by atoms with Gasteiger partial charge in [-0.05, 0) is 18.6 Å². The topological polar surface area (TPSA) is 27.6 Å². The largest absolute Gasteiger partial charge is 0.365 e. The molecule has 1 fully saturated rings. The fraction of sp³-hybridized carbons (Fsp3) is 0.750. The standard InChI is InChI=1S/C8H15N3S2/c1-3-4-10-8-11(5-6-13-8)7(12)9-2/h3-6H2,1-2H3,(H,9,12). The first kappa shape index (κ1) is 10.8. The van der Waals surface area contributed by atoms with Crippen molar-refractivity contribution in [1.29, 1.82) is 0 Å². The molecule has 1 heterocycles. The molecule has 0 bridgehead atoms. The number of thiocarbonyl (C=S) groups is 1. The smallest absolute Gasteiger partial charge is 0.174 e. The zero-order chi connectivity index (χ0) is 9.68. The molecule has 13 heavy (non-hydrogen) atoms. The molecule has 0 aromatic heterocycles. The Morgan fingerprint density at radius 1 is 1.77 bits per heavy atom. The van der Waals surface area contributed by atoms with E-state index in [1.807, 2.05) is 7.05 Å². The molecule has 1 aliphatic heterocycles. The predicted octanol–water partition coefficient (Wildman–Crippen LogP) is 1.31. The van der Waals surface area contributed by atoms with Gasteiger partial charge in [0.2, 0.25) is 0 Å². The summed E-state index contributed by atoms with van der Waals surface area (Å²) in [5, 5.41) is 4.82. The molecule has 0 spiro atoms. The highest BCUT2D eigenvalue weighted by Crippen LogP contribution is 2.17. The van der Waals surface area contributed by atoms with Gasteiger partial charge in [-0.2, -0.15) is 0 Å². The number of hydrogen-bond donors (Lipinski definition) is 1. The molecule has 0 saturated carbocycles. The number of nitrogens with zero attached hydrogens (tertiary/aromatic N) is 2. The number of rotatable bonds is 2. The summed E-state index contributed by atoms with van der Waals surface area (Å²) in [5.74, 6) is 1.09. The fourth-order valence-corrected chi connectivity index (χ4v) is 2.28. The molecule has 74 valence electrons. The van der Waals surface area contributed by atoms with Gasteiger partial charge in [-0.1, -0.05) is 18.7 Å². The fourth-order valence-electron chi connectivity index (χ4n) is 1.06. The highest BCUT2D eigenvalue weighted by atomic mass is 32.2. The Morgan fingerprint density at radius 3 is 3.15 bits per heavy atom. The van der Waals surface area contributed by atoms with Gasteiger partial charge in [-0.15, -0.1) is 0 Å². The van der Waals surface area contributed by atoms with Crippen LogP contribution in [-0.4, -0.2) is 41.1 Å². The van der Waals surface area contributed by atoms with Crippen LogP contribution in [0, 0.1) is 0 Å². The Balaban J connectivity index is 2.58. The van der Waals surface area contributed by atoms with Crippen LogP contribution in [0.1, 0.15) is 13.3 Å². The molecule has 1 N–H and O–H groups in total. The third-order valence-corrected chi connectivity index (χ3v) is 3.13. The van der Waals surface area contributed by atoms with Crippen LogP contribution in [0.3, 0.4) is 0 Å². The number of amidine groups is 1. The lowest BCUT2D eigenvalue weighted by atomic mass is 10.5. The van der Waals surface area contributed by atoms with Gasteiger partial charge >= 0.3 is 0 Å². The molecule has 1 saturated heterocycles. The van der Waals surface area contributed by atoms with Gasteiger partial charge in [0, 0.05) is 25.9 Å². The number of nitrogens with one attached hydrogen (secondary N) is 1. The van der Waals surface area contributed by atoms with E-state index in [0.717, 1.165) is 35.5 Å². The Labute approximate surface area is 89.0 Å². The highest BCUT2D eigenvalue weighted by Gasteiger charge is 2.21. The predicted molar refractivity (Wildman–Crippen MR) is 63.4 cm³/mol. The zero-order valence-corrected chi connectivity index (χ0v) is 9.67. The second kappa shape index (κ2) is 5.44. The van der Waals surface area contributed by atoms with Crippen LogP contribution in [-0.2, 0) is 0 Å². The molecule has 0 radical (unpaired) electrons. The molecule has 0 amide bonds. The monoisotopic (exact) mass is 217 g/mol. The quantitative estimate of drug-likeness (QED) is 0.706. The summed E-state index contributed by atoms with van der Waals surface area (Å²) in [4.78, 5) is 6.54. The molecule has 1 rings (SSSR count). The molecular weight excluding hydrogens is 202 g/mol. The summed E-state index contributed by atoms with van der Waals surface area (Å²) in [5.41, 5.74) is 0. The maximum absolute atomic E-state index is 5.16. The summed E-state index contributed by atoms with van der Waals surface area (Å²) >= 11 is 6.95. The number of aliphatic imine (C=N–C) groups is 1. The van der Waals surface area contributed by atoms with Gasteiger partial charge in [0.15, 0.2) is 10.3 Å². The average Bonchev–Trinajstić information content (AvgIpc) is 2.61. The minimum atomic E-state index is 0.778. The summed E-state index contributed by atoms with van der Waals surface area (Å²) in [6.07, 6.45) is 1.09. The van der Waals surface area contributed by atoms with E-state index in [1.165, 1.54) is 0 Å². The first-order chi connectivity index (χ1) is 6.29. The Hall–Kier alpha value is -0.290. The van der Waals surface area contributed by atoms with Crippen molar-refractivity contribution in [2.75, 3.05) is 25.9 Å². The normalized spacial score (nSPS) is 19.5. The van der Waals surface area contributed by atoms with Gasteiger partial charge in [0.05, 0.1) is 0 Å². The van der Waals surface area contributed by atoms with Crippen molar-refractivity contribution < 1.29 is 0 Å². The zero-order valence-electron chi connectivity index (χ0n) is 8.04. The van der Waals surface area contributed by atoms with Gasteiger partial charge in [-0.3, -0.25) is 9.89 Å². The molecule has 0 aliphatic carbocycles. The lowest BCUT2D eigenvalue weighted by Gasteiger charge is -2.17. The van der Waals surface area contributed by atoms with Crippen LogP contribution >= 0.6 is 24.0 Å². The Bertz CT molecular complexity index is 215. The van der Waals surface area contributed by atoms with E-state index in [1.54, 1.807) is 11.8 Å². The van der Waals surface area contributed by atoms with Crippen molar-refractivity contribution in [2.24, 2.45) is 4.99 Å². The molecule has 0 aromatic rings. The second-order valence-corrected chi connectivity index (χ2v) is 4.17. The summed E-state index contributed by atoms with van der Waals surface area (Å²) in [6, 6.07) is 0. The van der Waals surface area contributed by atoms with Crippen molar-refractivity contribution >= 4 is 34.3 Å². The first-order valence-electron chi connectivity index (χ1n) is 4.46. The van der Waals surface area contributed by atoms with Gasteiger partial charge in [-0.25, -0.2) is 0 Å². The third kappa shape index (κ3) is 2.84. The van der Waals surface area contributed by atoms with E-state index in [-0.39, 0.29) is 0 Å². The van der Waals surface area contributed by atoms with Crippen molar-refractivity contribution in [1.82, 2.24) is 10.2 Å². The maximum Gasteiger partial charge on any atom is 0.174 e. The Morgan fingerprint density at radius 2 is 2.54 bits per heavy atom. The molecule has 5 heteroatoms. The van der Waals surface area contributed by atoms with E-state index in [4.69, 9.17) is 12.2 Å². The van der Waals surface area contributed by atoms with Crippen molar-refractivity contribution in [3.05, 3.63) is 0 Å². The van der Waals surface area contributed by atoms with Gasteiger partial charge < -0.3 is 5.32 Å². The van der Waals surface area contributed by atoms with Crippen LogP contribution in [0.15, 0.2) is 4.99 Å². The van der Waals surface area contributed by atoms with E-state index in [9.17, 15) is 0 Å². The van der Waals surface area contributed by atoms with Crippen molar-refractivity contribution in [3.8, 4) is 0 Å². The minimum absolute atomic E-state index is 0.778. The summed E-state index contributed by atoms with van der Waals surface area (Å²) in [7, 11) is 1.85. The van der Waals surface area contributed by atoms with Crippen LogP contribution in [0.4, 0.5) is 0 Å². The first-order valence-corrected chi connectivity index (χ1v) is 5.85. The SMILES string of the molecule is CCCN=C1SCCN1C(=S)NC. The van der Waals surface area contributed by atoms with E-state index >= 15 is 0 Å². The molecular formula is C8H15N3S2. The molecule has 1 aliphatic rings. The van der Waals surface area contributed by atoms with Crippen molar-refractivity contribution in [2.45, 2.75) is 13.3 Å². The average molecular weight is 217 g/mol. The minimum Gasteiger partial charge on any atom is -0.365 e. The molecule has 0 atom stereocenters. The van der Waals surface area contributed by atoms with Crippen molar-refractivity contribution in [3.63, 3.8) is 0 Å². The third-order valence-electron chi connectivity index (χ3n) is 1.71. The summed E-state index contributed by atoms with van der Waals surface area (Å²) in [6.45, 7) is 4.00. The molecule has 0 aromatic carbocycles. The Kier molecular flexibility index (Phi) is 4.52. The number of hydrogen-bond acceptors (Lipinski definition) is 3. The molecule has 3 nitrogen and oxygen atoms in total. The van der Waals surface area contributed by atoms with E-state index in [2.05, 4.69) is 22.1 Å². The van der Waals surface area contributed by atoms with E-state index < -0.39 is 0 Å². The lowest BCUT2D eigenvalue weighted by molar-refractivity contribution is 0.660. The number of thioether (sulfide) groups is 1. The highest BCUT2D eigenvalue weighted by molar-refractivity contribution is 8.14. The second-order valence-electron chi connectivity index (χ2n) is 2.72. The van der Waals surface area contributed by atoms with E-state index in [0.29, 0.717) is 0 Å². The van der Waals surface area contributed by atoms with Crippen LogP contribution in [0.2, 0.25) is 0 Å².